The van der Waals surface area contributed by atoms with Gasteiger partial charge in [-0.2, -0.15) is 0 Å². The number of urea groups is 1. The van der Waals surface area contributed by atoms with Crippen LogP contribution in [0.5, 0.6) is 0 Å². The van der Waals surface area contributed by atoms with Crippen LogP contribution in [-0.4, -0.2) is 21.8 Å². The van der Waals surface area contributed by atoms with E-state index < -0.39 is 23.6 Å². The van der Waals surface area contributed by atoms with Gasteiger partial charge >= 0.3 is 6.03 Å². The molecule has 2 aromatic carbocycles. The second-order valence-corrected chi connectivity index (χ2v) is 6.39. The molecule has 0 aliphatic rings. The summed E-state index contributed by atoms with van der Waals surface area (Å²) < 4.78 is 27.3. The van der Waals surface area contributed by atoms with Crippen LogP contribution < -0.4 is 5.73 Å². The van der Waals surface area contributed by atoms with Gasteiger partial charge in [-0.05, 0) is 30.2 Å². The number of nitrogens with two attached hydrogens (primary N) is 1. The molecular weight excluding hydrogens is 376 g/mol. The highest BCUT2D eigenvalue weighted by Crippen LogP contribution is 2.28. The summed E-state index contributed by atoms with van der Waals surface area (Å²) in [5.41, 5.74) is 6.67. The van der Waals surface area contributed by atoms with E-state index in [0.29, 0.717) is 10.9 Å². The quantitative estimate of drug-likeness (QED) is 0.685. The average molecular weight is 392 g/mol. The first-order chi connectivity index (χ1) is 12.9. The molecule has 0 fully saturated rings. The maximum Gasteiger partial charge on any atom is 0.321 e. The molecule has 0 saturated carbocycles. The van der Waals surface area contributed by atoms with Crippen molar-refractivity contribution in [2.24, 2.45) is 5.73 Å². The monoisotopic (exact) mass is 391 g/mol. The molecule has 1 heterocycles. The summed E-state index contributed by atoms with van der Waals surface area (Å²) in [7, 11) is 0. The van der Waals surface area contributed by atoms with Gasteiger partial charge < -0.3 is 10.7 Å². The molecule has 8 heteroatoms. The molecule has 1 aromatic heterocycles. The first kappa shape index (κ1) is 18.8. The Kier molecular flexibility index (Phi) is 5.41. The highest BCUT2D eigenvalue weighted by molar-refractivity contribution is 6.35. The second-order valence-electron chi connectivity index (χ2n) is 6.01. The number of primary amides is 1. The number of nitrogens with one attached hydrogen (secondary N) is 1. The molecule has 3 amide bonds. The van der Waals surface area contributed by atoms with Gasteiger partial charge in [0.15, 0.2) is 0 Å². The SMILES string of the molecule is NC(=O)N(Cc1ccccc1F)C(=O)CCc1c[nH]c2c(Cl)c(F)ccc12. The number of hydrogen-bond acceptors (Lipinski definition) is 2. The van der Waals surface area contributed by atoms with Crippen molar-refractivity contribution in [3.8, 4) is 0 Å². The number of nitrogens with zero attached hydrogens (tertiary/aromatic N) is 1. The summed E-state index contributed by atoms with van der Waals surface area (Å²) >= 11 is 5.92. The fraction of sp³-hybridized carbons (Fsp3) is 0.158. The predicted molar refractivity (Wildman–Crippen MR) is 98.1 cm³/mol. The van der Waals surface area contributed by atoms with Crippen LogP contribution in [0.25, 0.3) is 10.9 Å². The van der Waals surface area contributed by atoms with Crippen LogP contribution in [0.4, 0.5) is 13.6 Å². The zero-order valence-corrected chi connectivity index (χ0v) is 14.9. The van der Waals surface area contributed by atoms with Crippen LogP contribution in [0, 0.1) is 11.6 Å². The van der Waals surface area contributed by atoms with Crippen LogP contribution >= 0.6 is 11.6 Å². The van der Waals surface area contributed by atoms with Crippen LogP contribution in [0.1, 0.15) is 17.5 Å². The lowest BCUT2D eigenvalue weighted by Crippen LogP contribution is -2.40. The van der Waals surface area contributed by atoms with E-state index >= 15 is 0 Å². The Morgan fingerprint density at radius 2 is 1.81 bits per heavy atom. The van der Waals surface area contributed by atoms with Crippen molar-refractivity contribution < 1.29 is 18.4 Å². The Morgan fingerprint density at radius 3 is 2.52 bits per heavy atom. The van der Waals surface area contributed by atoms with E-state index in [4.69, 9.17) is 17.3 Å². The van der Waals surface area contributed by atoms with Gasteiger partial charge in [0.1, 0.15) is 16.7 Å². The van der Waals surface area contributed by atoms with Crippen molar-refractivity contribution in [1.82, 2.24) is 9.88 Å². The van der Waals surface area contributed by atoms with Gasteiger partial charge in [0.2, 0.25) is 5.91 Å². The van der Waals surface area contributed by atoms with Crippen LogP contribution in [-0.2, 0) is 17.8 Å². The summed E-state index contributed by atoms with van der Waals surface area (Å²) in [6, 6.07) is 7.71. The highest BCUT2D eigenvalue weighted by Gasteiger charge is 2.21. The Hall–Kier alpha value is -2.93. The molecule has 0 aliphatic heterocycles. The summed E-state index contributed by atoms with van der Waals surface area (Å²) in [6.07, 6.45) is 1.88. The van der Waals surface area contributed by atoms with Gasteiger partial charge in [-0.15, -0.1) is 0 Å². The van der Waals surface area contributed by atoms with E-state index in [1.807, 2.05) is 0 Å². The van der Waals surface area contributed by atoms with E-state index in [9.17, 15) is 18.4 Å². The van der Waals surface area contributed by atoms with Crippen molar-refractivity contribution >= 4 is 34.4 Å². The van der Waals surface area contributed by atoms with Gasteiger partial charge in [-0.1, -0.05) is 29.8 Å². The summed E-state index contributed by atoms with van der Waals surface area (Å²) in [5.74, 6) is -1.60. The molecule has 27 heavy (non-hydrogen) atoms. The van der Waals surface area contributed by atoms with E-state index in [-0.39, 0.29) is 30.0 Å². The van der Waals surface area contributed by atoms with Gasteiger partial charge in [0, 0.05) is 23.6 Å². The zero-order valence-electron chi connectivity index (χ0n) is 14.1. The largest absolute Gasteiger partial charge is 0.360 e. The van der Waals surface area contributed by atoms with Gasteiger partial charge in [0.25, 0.3) is 0 Å². The number of benzene rings is 2. The first-order valence-electron chi connectivity index (χ1n) is 8.15. The fourth-order valence-electron chi connectivity index (χ4n) is 2.87. The number of rotatable bonds is 5. The number of carbonyl (C=O) groups is 2. The van der Waals surface area contributed by atoms with Crippen LogP contribution in [0.3, 0.4) is 0 Å². The van der Waals surface area contributed by atoms with Crippen molar-refractivity contribution in [3.05, 3.63) is 70.4 Å². The van der Waals surface area contributed by atoms with E-state index in [2.05, 4.69) is 4.98 Å². The molecule has 3 aromatic rings. The lowest BCUT2D eigenvalue weighted by atomic mass is 10.1. The molecule has 0 saturated heterocycles. The highest BCUT2D eigenvalue weighted by atomic mass is 35.5. The Morgan fingerprint density at radius 1 is 1.07 bits per heavy atom. The number of aryl methyl sites for hydroxylation is 1. The van der Waals surface area contributed by atoms with Gasteiger partial charge in [-0.25, -0.2) is 13.6 Å². The summed E-state index contributed by atoms with van der Waals surface area (Å²) in [6.45, 7) is -0.244. The molecule has 140 valence electrons. The third-order valence-electron chi connectivity index (χ3n) is 4.29. The maximum atomic E-state index is 13.8. The van der Waals surface area contributed by atoms with Gasteiger partial charge in [-0.3, -0.25) is 9.69 Å². The minimum absolute atomic E-state index is 0.0246. The maximum absolute atomic E-state index is 13.8. The molecule has 0 aliphatic carbocycles. The molecule has 0 unspecified atom stereocenters. The number of aromatic amines is 1. The number of H-pyrrole nitrogens is 1. The van der Waals surface area contributed by atoms with Gasteiger partial charge in [0.05, 0.1) is 12.1 Å². The predicted octanol–water partition coefficient (Wildman–Crippen LogP) is 4.14. The molecule has 0 bridgehead atoms. The number of hydrogen-bond donors (Lipinski definition) is 2. The molecule has 0 radical (unpaired) electrons. The average Bonchev–Trinajstić information content (AvgIpc) is 3.05. The number of amides is 3. The van der Waals surface area contributed by atoms with E-state index in [1.54, 1.807) is 18.3 Å². The summed E-state index contributed by atoms with van der Waals surface area (Å²) in [5, 5.41) is 0.664. The smallest absolute Gasteiger partial charge is 0.321 e. The first-order valence-corrected chi connectivity index (χ1v) is 8.53. The number of fused-ring (bicyclic) bond motifs is 1. The van der Waals surface area contributed by atoms with Crippen molar-refractivity contribution in [2.45, 2.75) is 19.4 Å². The third-order valence-corrected chi connectivity index (χ3v) is 4.66. The Labute approximate surface area is 158 Å². The molecule has 0 atom stereocenters. The van der Waals surface area contributed by atoms with E-state index in [0.717, 1.165) is 10.5 Å². The Bertz CT molecular complexity index is 1020. The number of halogens is 3. The number of imide groups is 1. The fourth-order valence-corrected chi connectivity index (χ4v) is 3.09. The molecule has 3 N–H and O–H groups in total. The molecular formula is C19H16ClF2N3O2. The van der Waals surface area contributed by atoms with E-state index in [1.165, 1.54) is 24.3 Å². The molecule has 5 nitrogen and oxygen atoms in total. The molecule has 3 rings (SSSR count). The van der Waals surface area contributed by atoms with Crippen molar-refractivity contribution in [1.29, 1.82) is 0 Å². The number of aromatic nitrogens is 1. The topological polar surface area (TPSA) is 79.2 Å². The minimum atomic E-state index is -0.952. The normalized spacial score (nSPS) is 10.9. The third kappa shape index (κ3) is 3.93. The Balaban J connectivity index is 1.74. The number of carbonyl (C=O) groups excluding carboxylic acids is 2. The zero-order chi connectivity index (χ0) is 19.6. The van der Waals surface area contributed by atoms with Crippen LogP contribution in [0.2, 0.25) is 5.02 Å². The lowest BCUT2D eigenvalue weighted by Gasteiger charge is -2.19. The minimum Gasteiger partial charge on any atom is -0.360 e. The van der Waals surface area contributed by atoms with Crippen LogP contribution in [0.15, 0.2) is 42.6 Å². The lowest BCUT2D eigenvalue weighted by molar-refractivity contribution is -0.128. The van der Waals surface area contributed by atoms with Crippen molar-refractivity contribution in [3.63, 3.8) is 0 Å². The standard InChI is InChI=1S/C19H16ClF2N3O2/c20-17-15(22)7-6-13-11(9-24-18(13)17)5-8-16(26)25(19(23)27)10-12-3-1-2-4-14(12)21/h1-4,6-7,9,24H,5,8,10H2,(H2,23,27). The van der Waals surface area contributed by atoms with Crippen molar-refractivity contribution in [2.75, 3.05) is 0 Å². The second kappa shape index (κ2) is 7.75. The summed E-state index contributed by atoms with van der Waals surface area (Å²) in [4.78, 5) is 27.8. The molecule has 0 spiro atoms.